The van der Waals surface area contributed by atoms with Crippen LogP contribution in [0.15, 0.2) is 30.3 Å². The van der Waals surface area contributed by atoms with Crippen LogP contribution in [-0.4, -0.2) is 17.3 Å². The van der Waals surface area contributed by atoms with Crippen molar-refractivity contribution in [2.24, 2.45) is 11.7 Å². The largest absolute Gasteiger partial charge is 0.393 e. The van der Waals surface area contributed by atoms with Gasteiger partial charge in [-0.2, -0.15) is 0 Å². The van der Waals surface area contributed by atoms with Gasteiger partial charge >= 0.3 is 0 Å². The van der Waals surface area contributed by atoms with Gasteiger partial charge in [-0.15, -0.1) is 0 Å². The number of benzene rings is 1. The Morgan fingerprint density at radius 3 is 2.44 bits per heavy atom. The van der Waals surface area contributed by atoms with Gasteiger partial charge in [-0.25, -0.2) is 0 Å². The normalized spacial score (nSPS) is 25.9. The first-order valence-corrected chi connectivity index (χ1v) is 7.23. The maximum atomic E-state index is 10.2. The second kappa shape index (κ2) is 6.91. The Kier molecular flexibility index (Phi) is 5.21. The molecule has 0 saturated heterocycles. The first kappa shape index (κ1) is 13.6. The van der Waals surface area contributed by atoms with Crippen LogP contribution in [0.2, 0.25) is 0 Å². The van der Waals surface area contributed by atoms with E-state index in [2.05, 4.69) is 24.3 Å². The quantitative estimate of drug-likeness (QED) is 0.840. The molecule has 1 aromatic rings. The zero-order valence-electron chi connectivity index (χ0n) is 11.1. The molecule has 3 N–H and O–H groups in total. The summed E-state index contributed by atoms with van der Waals surface area (Å²) in [6.45, 7) is 0. The van der Waals surface area contributed by atoms with Crippen LogP contribution in [-0.2, 0) is 6.42 Å². The second-order valence-corrected chi connectivity index (χ2v) is 5.62. The molecule has 2 nitrogen and oxygen atoms in total. The summed E-state index contributed by atoms with van der Waals surface area (Å²) in [5.74, 6) is 0.487. The Morgan fingerprint density at radius 1 is 1.11 bits per heavy atom. The molecule has 18 heavy (non-hydrogen) atoms. The molecule has 0 amide bonds. The van der Waals surface area contributed by atoms with Gasteiger partial charge in [0, 0.05) is 6.04 Å². The maximum absolute atomic E-state index is 10.2. The van der Waals surface area contributed by atoms with Crippen LogP contribution in [0.4, 0.5) is 0 Å². The first-order chi connectivity index (χ1) is 8.75. The lowest BCUT2D eigenvalue weighted by Crippen LogP contribution is -2.31. The van der Waals surface area contributed by atoms with Crippen LogP contribution in [0, 0.1) is 5.92 Å². The van der Waals surface area contributed by atoms with E-state index in [1.165, 1.54) is 5.56 Å². The molecule has 2 rings (SSSR count). The summed E-state index contributed by atoms with van der Waals surface area (Å²) in [6, 6.07) is 10.9. The molecule has 0 heterocycles. The minimum atomic E-state index is -0.124. The highest BCUT2D eigenvalue weighted by atomic mass is 16.3. The number of aryl methyl sites for hydroxylation is 1. The van der Waals surface area contributed by atoms with E-state index in [1.54, 1.807) is 0 Å². The van der Waals surface area contributed by atoms with Crippen molar-refractivity contribution >= 4 is 0 Å². The number of nitrogens with two attached hydrogens (primary N) is 1. The van der Waals surface area contributed by atoms with E-state index >= 15 is 0 Å². The highest BCUT2D eigenvalue weighted by molar-refractivity contribution is 5.14. The molecule has 0 unspecified atom stereocenters. The third-order valence-corrected chi connectivity index (χ3v) is 4.17. The molecule has 2 heteroatoms. The van der Waals surface area contributed by atoms with Gasteiger partial charge in [0.25, 0.3) is 0 Å². The molecule has 1 aromatic carbocycles. The summed E-state index contributed by atoms with van der Waals surface area (Å²) < 4.78 is 0. The molecule has 1 atom stereocenters. The monoisotopic (exact) mass is 247 g/mol. The van der Waals surface area contributed by atoms with Gasteiger partial charge in [-0.1, -0.05) is 30.3 Å². The highest BCUT2D eigenvalue weighted by Gasteiger charge is 2.24. The van der Waals surface area contributed by atoms with Crippen molar-refractivity contribution in [3.63, 3.8) is 0 Å². The molecule has 0 spiro atoms. The third kappa shape index (κ3) is 4.11. The maximum Gasteiger partial charge on any atom is 0.0568 e. The molecule has 1 fully saturated rings. The molecule has 1 saturated carbocycles. The molecule has 1 aliphatic rings. The van der Waals surface area contributed by atoms with Gasteiger partial charge in [0.2, 0.25) is 0 Å². The standard InChI is InChI=1S/C16H25NO/c17-15-11-9-14(10-12-15)16(18)8-4-7-13-5-2-1-3-6-13/h1-3,5-6,14-16,18H,4,7-12,17H2/t14?,15?,16-/m0/s1. The summed E-state index contributed by atoms with van der Waals surface area (Å²) in [6.07, 6.45) is 7.33. The first-order valence-electron chi connectivity index (χ1n) is 7.23. The van der Waals surface area contributed by atoms with E-state index < -0.39 is 0 Å². The van der Waals surface area contributed by atoms with Gasteiger partial charge in [0.15, 0.2) is 0 Å². The van der Waals surface area contributed by atoms with Crippen LogP contribution in [0.1, 0.15) is 44.1 Å². The summed E-state index contributed by atoms with van der Waals surface area (Å²) in [5, 5.41) is 10.2. The molecule has 0 aliphatic heterocycles. The van der Waals surface area contributed by atoms with Gasteiger partial charge in [-0.3, -0.25) is 0 Å². The molecule has 0 radical (unpaired) electrons. The zero-order valence-corrected chi connectivity index (χ0v) is 11.1. The molecule has 1 aliphatic carbocycles. The van der Waals surface area contributed by atoms with Crippen molar-refractivity contribution in [2.75, 3.05) is 0 Å². The van der Waals surface area contributed by atoms with Crippen LogP contribution < -0.4 is 5.73 Å². The van der Waals surface area contributed by atoms with Crippen molar-refractivity contribution in [3.05, 3.63) is 35.9 Å². The fourth-order valence-corrected chi connectivity index (χ4v) is 2.93. The SMILES string of the molecule is NC1CCC([C@@H](O)CCCc2ccccc2)CC1. The number of aliphatic hydroxyl groups is 1. The molecule has 0 aromatic heterocycles. The van der Waals surface area contributed by atoms with Crippen LogP contribution >= 0.6 is 0 Å². The van der Waals surface area contributed by atoms with E-state index in [4.69, 9.17) is 5.73 Å². The summed E-state index contributed by atoms with van der Waals surface area (Å²) >= 11 is 0. The zero-order chi connectivity index (χ0) is 12.8. The van der Waals surface area contributed by atoms with Crippen molar-refractivity contribution in [3.8, 4) is 0 Å². The average Bonchev–Trinajstić information content (AvgIpc) is 2.40. The fraction of sp³-hybridized carbons (Fsp3) is 0.625. The van der Waals surface area contributed by atoms with Crippen molar-refractivity contribution in [2.45, 2.75) is 57.1 Å². The number of aliphatic hydroxyl groups excluding tert-OH is 1. The molecule has 100 valence electrons. The third-order valence-electron chi connectivity index (χ3n) is 4.17. The van der Waals surface area contributed by atoms with E-state index in [9.17, 15) is 5.11 Å². The van der Waals surface area contributed by atoms with Gasteiger partial charge in [0.05, 0.1) is 6.10 Å². The van der Waals surface area contributed by atoms with Gasteiger partial charge < -0.3 is 10.8 Å². The van der Waals surface area contributed by atoms with Crippen molar-refractivity contribution < 1.29 is 5.11 Å². The fourth-order valence-electron chi connectivity index (χ4n) is 2.93. The minimum absolute atomic E-state index is 0.124. The van der Waals surface area contributed by atoms with E-state index in [0.29, 0.717) is 12.0 Å². The lowest BCUT2D eigenvalue weighted by atomic mass is 9.81. The predicted molar refractivity (Wildman–Crippen MR) is 75.3 cm³/mol. The highest BCUT2D eigenvalue weighted by Crippen LogP contribution is 2.28. The van der Waals surface area contributed by atoms with E-state index in [1.807, 2.05) is 6.07 Å². The average molecular weight is 247 g/mol. The lowest BCUT2D eigenvalue weighted by molar-refractivity contribution is 0.0724. The number of hydrogen-bond donors (Lipinski definition) is 2. The minimum Gasteiger partial charge on any atom is -0.393 e. The molecular formula is C16H25NO. The van der Waals surface area contributed by atoms with E-state index in [0.717, 1.165) is 44.9 Å². The Hall–Kier alpha value is -0.860. The predicted octanol–water partition coefficient (Wildman–Crippen LogP) is 2.89. The Labute approximate surface area is 110 Å². The molecule has 0 bridgehead atoms. The van der Waals surface area contributed by atoms with Crippen molar-refractivity contribution in [1.82, 2.24) is 0 Å². The van der Waals surface area contributed by atoms with Gasteiger partial charge in [-0.05, 0) is 56.4 Å². The lowest BCUT2D eigenvalue weighted by Gasteiger charge is -2.29. The topological polar surface area (TPSA) is 46.2 Å². The van der Waals surface area contributed by atoms with Crippen molar-refractivity contribution in [1.29, 1.82) is 0 Å². The summed E-state index contributed by atoms with van der Waals surface area (Å²) in [4.78, 5) is 0. The second-order valence-electron chi connectivity index (χ2n) is 5.62. The van der Waals surface area contributed by atoms with Crippen LogP contribution in [0.25, 0.3) is 0 Å². The Bertz CT molecular complexity index is 330. The van der Waals surface area contributed by atoms with E-state index in [-0.39, 0.29) is 6.10 Å². The summed E-state index contributed by atoms with van der Waals surface area (Å²) in [7, 11) is 0. The van der Waals surface area contributed by atoms with Crippen LogP contribution in [0.3, 0.4) is 0 Å². The number of rotatable bonds is 5. The van der Waals surface area contributed by atoms with Gasteiger partial charge in [0.1, 0.15) is 0 Å². The number of hydrogen-bond acceptors (Lipinski definition) is 2. The summed E-state index contributed by atoms with van der Waals surface area (Å²) in [5.41, 5.74) is 7.26. The smallest absolute Gasteiger partial charge is 0.0568 e. The van der Waals surface area contributed by atoms with Crippen LogP contribution in [0.5, 0.6) is 0 Å². The Morgan fingerprint density at radius 2 is 1.78 bits per heavy atom. The molecular weight excluding hydrogens is 222 g/mol. The Balaban J connectivity index is 1.67.